The normalized spacial score (nSPS) is 17.8. The van der Waals surface area contributed by atoms with Crippen LogP contribution in [0, 0.1) is 35.5 Å². The molecule has 0 bridgehead atoms. The van der Waals surface area contributed by atoms with E-state index in [4.69, 9.17) is 15.2 Å². The van der Waals surface area contributed by atoms with Crippen molar-refractivity contribution >= 4 is 64.9 Å². The van der Waals surface area contributed by atoms with Gasteiger partial charge in [0.15, 0.2) is 0 Å². The van der Waals surface area contributed by atoms with Crippen LogP contribution in [0.2, 0.25) is 0 Å². The number of rotatable bonds is 39. The van der Waals surface area contributed by atoms with E-state index in [-0.39, 0.29) is 117 Å². The van der Waals surface area contributed by atoms with Crippen molar-refractivity contribution in [2.45, 2.75) is 220 Å². The van der Waals surface area contributed by atoms with E-state index in [9.17, 15) is 53.1 Å². The van der Waals surface area contributed by atoms with Crippen LogP contribution in [0.4, 0.5) is 10.5 Å². The number of urea groups is 1. The smallest absolute Gasteiger partial charge is 0.312 e. The number of carbonyl (C=O) groups excluding carboxylic acids is 10. The summed E-state index contributed by atoms with van der Waals surface area (Å²) in [6.45, 7) is 22.2. The van der Waals surface area contributed by atoms with Gasteiger partial charge in [0.25, 0.3) is 0 Å². The molecule has 2 aromatic rings. The largest absolute Gasteiger partial charge is 0.379 e. The Morgan fingerprint density at radius 3 is 1.85 bits per heavy atom. The first-order valence-corrected chi connectivity index (χ1v) is 34.8. The molecule has 1 unspecified atom stereocenters. The zero-order chi connectivity index (χ0) is 72.4. The van der Waals surface area contributed by atoms with Gasteiger partial charge in [-0.25, -0.2) is 4.79 Å². The van der Waals surface area contributed by atoms with Crippen LogP contribution >= 0.6 is 0 Å². The summed E-state index contributed by atoms with van der Waals surface area (Å²) in [6.07, 6.45) is 0.717. The molecule has 26 nitrogen and oxygen atoms in total. The number of hydrogen-bond acceptors (Lipinski definition) is 15. The number of methoxy groups -OCH3 is 2. The maximum atomic E-state index is 14.6. The van der Waals surface area contributed by atoms with Gasteiger partial charge >= 0.3 is 6.03 Å². The Bertz CT molecular complexity index is 2850. The third-order valence-electron chi connectivity index (χ3n) is 18.8. The van der Waals surface area contributed by atoms with Crippen molar-refractivity contribution < 1.29 is 62.5 Å². The van der Waals surface area contributed by atoms with E-state index in [1.54, 1.807) is 66.8 Å². The summed E-state index contributed by atoms with van der Waals surface area (Å²) in [7, 11) is 8.41. The minimum Gasteiger partial charge on any atom is -0.379 e. The second kappa shape index (κ2) is 40.6. The second-order valence-electron chi connectivity index (χ2n) is 27.9. The van der Waals surface area contributed by atoms with Crippen molar-refractivity contribution in [3.63, 3.8) is 0 Å². The molecule has 26 heteroatoms. The SMILES string of the molecule is CC[C@H](C)[C@@H]([C@@H](CC(=O)N1CCC[C@H]1[C@H](OC)[C@@H](C)C(=O)N[C@@H](Cc1ccccc1)C(=O)NCc1ccc(NC(=O)[C@H](CCCNC(N)=O)NC(=O)[C@@H](NC(O)CCC(=O)N2CCC(C(=O)NC(C)C)CC2)C(C)C)cc1)OC)N(C)C(=O)[C@@H](NC(=O)[C@H](C(C)C)N(C)C)C(C)C. The highest BCUT2D eigenvalue weighted by atomic mass is 16.5. The van der Waals surface area contributed by atoms with E-state index < -0.39 is 96.3 Å². The molecule has 2 aliphatic rings. The molecule has 2 fully saturated rings. The Labute approximate surface area is 575 Å². The maximum Gasteiger partial charge on any atom is 0.312 e. The molecule has 2 saturated heterocycles. The van der Waals surface area contributed by atoms with Gasteiger partial charge in [-0.2, -0.15) is 0 Å². The Hall–Kier alpha value is -7.26. The fourth-order valence-corrected chi connectivity index (χ4v) is 13.1. The molecule has 2 aliphatic heterocycles. The quantitative estimate of drug-likeness (QED) is 0.0334. The van der Waals surface area contributed by atoms with Gasteiger partial charge in [0, 0.05) is 84.5 Å². The highest BCUT2D eigenvalue weighted by Gasteiger charge is 2.44. The lowest BCUT2D eigenvalue weighted by Gasteiger charge is -2.41. The van der Waals surface area contributed by atoms with Gasteiger partial charge in [-0.15, -0.1) is 0 Å². The summed E-state index contributed by atoms with van der Waals surface area (Å²) in [5.74, 6) is -4.70. The van der Waals surface area contributed by atoms with Gasteiger partial charge in [-0.3, -0.25) is 53.4 Å². The number of likely N-dealkylation sites (tertiary alicyclic amines) is 2. The molecular weight excluding hydrogens is 1240 g/mol. The number of primary amides is 1. The molecule has 0 saturated carbocycles. The average Bonchev–Trinajstić information content (AvgIpc) is 1.81. The Morgan fingerprint density at radius 2 is 1.29 bits per heavy atom. The Kier molecular flexibility index (Phi) is 34.4. The van der Waals surface area contributed by atoms with Crippen LogP contribution in [0.3, 0.4) is 0 Å². The Morgan fingerprint density at radius 1 is 0.660 bits per heavy atom. The van der Waals surface area contributed by atoms with Crippen molar-refractivity contribution in [1.82, 2.24) is 56.8 Å². The number of aliphatic hydroxyl groups is 1. The molecule has 2 heterocycles. The van der Waals surface area contributed by atoms with Crippen LogP contribution in [0.5, 0.6) is 0 Å². The predicted molar refractivity (Wildman–Crippen MR) is 373 cm³/mol. The number of amides is 11. The number of anilines is 1. The summed E-state index contributed by atoms with van der Waals surface area (Å²) >= 11 is 0. The molecule has 0 spiro atoms. The van der Waals surface area contributed by atoms with Gasteiger partial charge in [0.2, 0.25) is 53.2 Å². The number of hydrogen-bond donors (Lipinski definition) is 10. The van der Waals surface area contributed by atoms with E-state index in [0.29, 0.717) is 63.0 Å². The number of nitrogens with zero attached hydrogens (tertiary/aromatic N) is 4. The van der Waals surface area contributed by atoms with Gasteiger partial charge < -0.3 is 72.2 Å². The first-order chi connectivity index (χ1) is 45.8. The molecule has 97 heavy (non-hydrogen) atoms. The summed E-state index contributed by atoms with van der Waals surface area (Å²) in [4.78, 5) is 143. The van der Waals surface area contributed by atoms with Crippen molar-refractivity contribution in [2.24, 2.45) is 41.2 Å². The van der Waals surface area contributed by atoms with E-state index >= 15 is 0 Å². The number of carbonyl (C=O) groups is 10. The molecule has 4 rings (SSSR count). The number of likely N-dealkylation sites (N-methyl/N-ethyl adjacent to an activating group) is 2. The molecule has 544 valence electrons. The van der Waals surface area contributed by atoms with E-state index in [1.165, 1.54) is 14.2 Å². The average molecular weight is 1360 g/mol. The minimum atomic E-state index is -1.24. The number of aliphatic hydroxyl groups excluding tert-OH is 1. The number of nitrogens with one attached hydrogen (secondary N) is 8. The van der Waals surface area contributed by atoms with E-state index in [1.807, 2.05) is 105 Å². The fraction of sp³-hybridized carbons (Fsp3) is 0.690. The number of nitrogens with two attached hydrogens (primary N) is 1. The van der Waals surface area contributed by atoms with Crippen LogP contribution in [-0.2, 0) is 65.6 Å². The molecule has 0 aliphatic carbocycles. The summed E-state index contributed by atoms with van der Waals surface area (Å²) < 4.78 is 12.2. The number of ether oxygens (including phenoxy) is 2. The van der Waals surface area contributed by atoms with Crippen LogP contribution in [0.15, 0.2) is 54.6 Å². The zero-order valence-corrected chi connectivity index (χ0v) is 60.5. The minimum absolute atomic E-state index is 0.00539. The van der Waals surface area contributed by atoms with Crippen LogP contribution in [-0.4, -0.2) is 212 Å². The highest BCUT2D eigenvalue weighted by molar-refractivity contribution is 5.98. The lowest BCUT2D eigenvalue weighted by atomic mass is 9.89. The number of benzene rings is 2. The zero-order valence-electron chi connectivity index (χ0n) is 60.5. The third-order valence-corrected chi connectivity index (χ3v) is 18.8. The molecular formula is C71H117N13O13. The molecule has 11 N–H and O–H groups in total. The van der Waals surface area contributed by atoms with Gasteiger partial charge in [0.05, 0.1) is 48.7 Å². The predicted octanol–water partition coefficient (Wildman–Crippen LogP) is 4.03. The molecule has 0 aromatic heterocycles. The highest BCUT2D eigenvalue weighted by Crippen LogP contribution is 2.30. The van der Waals surface area contributed by atoms with Crippen molar-refractivity contribution in [1.29, 1.82) is 0 Å². The van der Waals surface area contributed by atoms with E-state index in [2.05, 4.69) is 42.5 Å². The van der Waals surface area contributed by atoms with Crippen LogP contribution in [0.25, 0.3) is 0 Å². The van der Waals surface area contributed by atoms with Crippen LogP contribution in [0.1, 0.15) is 151 Å². The fourth-order valence-electron chi connectivity index (χ4n) is 13.1. The standard InChI is InChI=1S/C71H117N13O13/c1-17-46(10)62(82(14)70(94)60(43(4)5)80-69(93)61(44(6)7)81(12)13)55(96-15)40-58(87)84-36-22-26-54(84)63(97-16)47(11)64(88)78-53(39-48-23-19-18-20-24-48)66(90)74-41-49-27-29-51(30-28-49)76-67(91)52(25-21-35-73-71(72)95)77-68(92)59(42(2)3)79-56(85)31-32-57(86)83-37-33-50(34-38-83)65(89)75-45(8)9/h18-20,23-24,27-30,42-47,50,52-56,59-63,79,85H,17,21-22,25-26,31-41H2,1-16H3,(H,74,90)(H,75,89)(H,76,91)(H,77,92)(H,78,88)(H,80,93)(H3,72,73,95)/t46-,47+,52-,53-,54-,55+,56?,59-,60-,61-,62-,63+/m0/s1. The maximum absolute atomic E-state index is 14.6. The number of piperidine rings is 1. The first-order valence-electron chi connectivity index (χ1n) is 34.8. The lowest BCUT2D eigenvalue weighted by molar-refractivity contribution is -0.148. The molecule has 2 aromatic carbocycles. The van der Waals surface area contributed by atoms with Crippen molar-refractivity contribution in [3.8, 4) is 0 Å². The molecule has 11 amide bonds. The van der Waals surface area contributed by atoms with E-state index in [0.717, 1.165) is 5.56 Å². The summed E-state index contributed by atoms with van der Waals surface area (Å²) in [5.41, 5.74) is 7.12. The topological polar surface area (TPSA) is 345 Å². The van der Waals surface area contributed by atoms with Crippen LogP contribution < -0.4 is 48.3 Å². The first kappa shape index (κ1) is 82.2. The third kappa shape index (κ3) is 25.5. The summed E-state index contributed by atoms with van der Waals surface area (Å²) in [5, 5.41) is 34.1. The monoisotopic (exact) mass is 1360 g/mol. The van der Waals surface area contributed by atoms with Crippen molar-refractivity contribution in [2.75, 3.05) is 66.9 Å². The van der Waals surface area contributed by atoms with Crippen molar-refractivity contribution in [3.05, 3.63) is 65.7 Å². The lowest BCUT2D eigenvalue weighted by Crippen LogP contribution is -2.59. The summed E-state index contributed by atoms with van der Waals surface area (Å²) in [6, 6.07) is 9.81. The van der Waals surface area contributed by atoms with Gasteiger partial charge in [-0.1, -0.05) is 111 Å². The second-order valence-corrected chi connectivity index (χ2v) is 27.9. The molecule has 12 atom stereocenters. The van der Waals surface area contributed by atoms with Gasteiger partial charge in [-0.05, 0) is 120 Å². The van der Waals surface area contributed by atoms with Gasteiger partial charge in [0.1, 0.15) is 24.4 Å². The molecule has 0 radical (unpaired) electrons. The Balaban J connectivity index is 1.42.